The second-order valence-corrected chi connectivity index (χ2v) is 7.65. The number of hydrogen-bond donors (Lipinski definition) is 2. The van der Waals surface area contributed by atoms with Crippen molar-refractivity contribution < 1.29 is 25.6 Å². The summed E-state index contributed by atoms with van der Waals surface area (Å²) in [6.45, 7) is -0.552. The highest BCUT2D eigenvalue weighted by molar-refractivity contribution is 7.92. The molecule has 9 heteroatoms. The van der Waals surface area contributed by atoms with Gasteiger partial charge in [-0.2, -0.15) is 8.42 Å². The third kappa shape index (κ3) is 5.30. The van der Waals surface area contributed by atoms with Gasteiger partial charge in [-0.1, -0.05) is 0 Å². The second kappa shape index (κ2) is 5.61. The smallest absolute Gasteiger partial charge is 0.328 e. The molecule has 0 radical (unpaired) electrons. The van der Waals surface area contributed by atoms with Crippen molar-refractivity contribution in [1.29, 1.82) is 0 Å². The van der Waals surface area contributed by atoms with Gasteiger partial charge in [0.2, 0.25) is 0 Å². The van der Waals surface area contributed by atoms with E-state index in [1.54, 1.807) is 0 Å². The fourth-order valence-electron chi connectivity index (χ4n) is 1.87. The van der Waals surface area contributed by atoms with Crippen molar-refractivity contribution in [2.24, 2.45) is 5.73 Å². The lowest BCUT2D eigenvalue weighted by atomic mass is 9.96. The van der Waals surface area contributed by atoms with Gasteiger partial charge >= 0.3 is 10.4 Å². The molecule has 0 aromatic carbocycles. The fraction of sp³-hybridized carbons (Fsp3) is 1.00. The molecule has 0 aromatic rings. The molecule has 0 bridgehead atoms. The van der Waals surface area contributed by atoms with Crippen molar-refractivity contribution in [3.63, 3.8) is 0 Å². The maximum absolute atomic E-state index is 11.8. The Balaban J connectivity index is 2.46. The highest BCUT2D eigenvalue weighted by Gasteiger charge is 2.29. The molecule has 102 valence electrons. The fourth-order valence-corrected chi connectivity index (χ4v) is 3.91. The monoisotopic (exact) mass is 287 g/mol. The van der Waals surface area contributed by atoms with Crippen molar-refractivity contribution in [3.8, 4) is 0 Å². The zero-order valence-corrected chi connectivity index (χ0v) is 10.9. The third-order valence-corrected chi connectivity index (χ3v) is 5.51. The van der Waals surface area contributed by atoms with Gasteiger partial charge < -0.3 is 5.73 Å². The van der Waals surface area contributed by atoms with Crippen molar-refractivity contribution in [1.82, 2.24) is 0 Å². The zero-order valence-electron chi connectivity index (χ0n) is 9.28. The summed E-state index contributed by atoms with van der Waals surface area (Å²) in [5, 5.41) is -0.479. The molecule has 0 unspecified atom stereocenters. The van der Waals surface area contributed by atoms with Crippen LogP contribution in [0.15, 0.2) is 0 Å². The zero-order chi connectivity index (χ0) is 13.1. The first-order chi connectivity index (χ1) is 7.71. The Morgan fingerprint density at radius 2 is 1.65 bits per heavy atom. The lowest BCUT2D eigenvalue weighted by Gasteiger charge is -2.25. The van der Waals surface area contributed by atoms with Crippen molar-refractivity contribution in [3.05, 3.63) is 0 Å². The van der Waals surface area contributed by atoms with E-state index in [0.29, 0.717) is 25.7 Å². The third-order valence-electron chi connectivity index (χ3n) is 2.83. The minimum atomic E-state index is -4.57. The van der Waals surface area contributed by atoms with Gasteiger partial charge in [0.1, 0.15) is 0 Å². The Morgan fingerprint density at radius 3 is 2.12 bits per heavy atom. The van der Waals surface area contributed by atoms with E-state index in [1.807, 2.05) is 0 Å². The van der Waals surface area contributed by atoms with Crippen LogP contribution < -0.4 is 5.73 Å². The summed E-state index contributed by atoms with van der Waals surface area (Å²) in [5.74, 6) is -0.410. The molecule has 1 rings (SSSR count). The summed E-state index contributed by atoms with van der Waals surface area (Å²) in [7, 11) is -7.96. The van der Waals surface area contributed by atoms with Crippen LogP contribution in [0.25, 0.3) is 0 Å². The summed E-state index contributed by atoms with van der Waals surface area (Å²) < 4.78 is 56.4. The lowest BCUT2D eigenvalue weighted by Crippen LogP contribution is -2.35. The van der Waals surface area contributed by atoms with Gasteiger partial charge in [-0.05, 0) is 25.7 Å². The molecule has 0 amide bonds. The van der Waals surface area contributed by atoms with E-state index in [2.05, 4.69) is 4.18 Å². The average Bonchev–Trinajstić information content (AvgIpc) is 2.15. The summed E-state index contributed by atoms with van der Waals surface area (Å²) in [6, 6.07) is 0.0514. The molecule has 0 atom stereocenters. The van der Waals surface area contributed by atoms with Gasteiger partial charge in [-0.25, -0.2) is 12.6 Å². The minimum Gasteiger partial charge on any atom is -0.328 e. The highest BCUT2D eigenvalue weighted by atomic mass is 32.3. The predicted molar refractivity (Wildman–Crippen MR) is 61.5 cm³/mol. The van der Waals surface area contributed by atoms with Crippen LogP contribution in [-0.4, -0.2) is 45.0 Å². The molecule has 7 nitrogen and oxygen atoms in total. The first-order valence-corrected chi connectivity index (χ1v) is 8.38. The Labute approximate surface area is 101 Å². The molecule has 1 aliphatic rings. The Morgan fingerprint density at radius 1 is 1.12 bits per heavy atom. The largest absolute Gasteiger partial charge is 0.397 e. The Kier molecular flexibility index (Phi) is 4.90. The first kappa shape index (κ1) is 14.8. The van der Waals surface area contributed by atoms with Gasteiger partial charge in [0.05, 0.1) is 17.6 Å². The Bertz CT molecular complexity index is 435. The van der Waals surface area contributed by atoms with Crippen LogP contribution in [0.4, 0.5) is 0 Å². The summed E-state index contributed by atoms with van der Waals surface area (Å²) in [5.41, 5.74) is 5.67. The van der Waals surface area contributed by atoms with Gasteiger partial charge in [0.15, 0.2) is 9.84 Å². The SMILES string of the molecule is NC1CCC(S(=O)(=O)CCOS(=O)(=O)O)CC1. The summed E-state index contributed by atoms with van der Waals surface area (Å²) >= 11 is 0. The average molecular weight is 287 g/mol. The van der Waals surface area contributed by atoms with Crippen LogP contribution in [-0.2, 0) is 24.4 Å². The molecular weight excluding hydrogens is 270 g/mol. The maximum atomic E-state index is 11.8. The normalized spacial score (nSPS) is 26.9. The number of hydrogen-bond acceptors (Lipinski definition) is 6. The minimum absolute atomic E-state index is 0.0514. The molecule has 1 aliphatic carbocycles. The van der Waals surface area contributed by atoms with E-state index in [1.165, 1.54) is 0 Å². The highest BCUT2D eigenvalue weighted by Crippen LogP contribution is 2.23. The summed E-state index contributed by atoms with van der Waals surface area (Å²) in [6.07, 6.45) is 2.30. The predicted octanol–water partition coefficient (Wildman–Crippen LogP) is -0.509. The standard InChI is InChI=1S/C8H17NO6S2/c9-7-1-3-8(4-2-7)16(10,11)6-5-15-17(12,13)14/h7-8H,1-6,9H2,(H,12,13,14). The molecule has 17 heavy (non-hydrogen) atoms. The molecule has 0 heterocycles. The molecular formula is C8H17NO6S2. The van der Waals surface area contributed by atoms with E-state index >= 15 is 0 Å². The quantitative estimate of drug-likeness (QED) is 0.652. The van der Waals surface area contributed by atoms with Crippen molar-refractivity contribution in [2.45, 2.75) is 37.0 Å². The van der Waals surface area contributed by atoms with Crippen LogP contribution in [0.1, 0.15) is 25.7 Å². The van der Waals surface area contributed by atoms with Gasteiger partial charge in [0, 0.05) is 6.04 Å². The molecule has 1 saturated carbocycles. The van der Waals surface area contributed by atoms with Gasteiger partial charge in [0.25, 0.3) is 0 Å². The van der Waals surface area contributed by atoms with E-state index in [9.17, 15) is 16.8 Å². The van der Waals surface area contributed by atoms with Crippen LogP contribution in [0.3, 0.4) is 0 Å². The maximum Gasteiger partial charge on any atom is 0.397 e. The molecule has 0 aliphatic heterocycles. The van der Waals surface area contributed by atoms with Gasteiger partial charge in [-0.3, -0.25) is 4.55 Å². The molecule has 1 fully saturated rings. The summed E-state index contributed by atoms with van der Waals surface area (Å²) in [4.78, 5) is 0. The molecule has 0 spiro atoms. The Hall–Kier alpha value is -0.220. The van der Waals surface area contributed by atoms with Gasteiger partial charge in [-0.15, -0.1) is 0 Å². The number of rotatable bonds is 5. The van der Waals surface area contributed by atoms with Crippen LogP contribution in [0.5, 0.6) is 0 Å². The van der Waals surface area contributed by atoms with E-state index in [-0.39, 0.29) is 6.04 Å². The number of sulfone groups is 1. The molecule has 0 saturated heterocycles. The van der Waals surface area contributed by atoms with E-state index in [4.69, 9.17) is 10.3 Å². The number of nitrogens with two attached hydrogens (primary N) is 1. The van der Waals surface area contributed by atoms with Crippen LogP contribution in [0, 0.1) is 0 Å². The first-order valence-electron chi connectivity index (χ1n) is 5.30. The lowest BCUT2D eigenvalue weighted by molar-refractivity contribution is 0.283. The molecule has 3 N–H and O–H groups in total. The van der Waals surface area contributed by atoms with Crippen molar-refractivity contribution in [2.75, 3.05) is 12.4 Å². The second-order valence-electron chi connectivity index (χ2n) is 4.15. The van der Waals surface area contributed by atoms with E-state index < -0.39 is 37.8 Å². The van der Waals surface area contributed by atoms with E-state index in [0.717, 1.165) is 0 Å². The van der Waals surface area contributed by atoms with Crippen molar-refractivity contribution >= 4 is 20.2 Å². The van der Waals surface area contributed by atoms with Crippen LogP contribution in [0.2, 0.25) is 0 Å². The molecule has 0 aromatic heterocycles. The topological polar surface area (TPSA) is 124 Å². The van der Waals surface area contributed by atoms with Crippen LogP contribution >= 0.6 is 0 Å².